The highest BCUT2D eigenvalue weighted by atomic mass is 16.5. The fourth-order valence-electron chi connectivity index (χ4n) is 3.99. The van der Waals surface area contributed by atoms with Crippen LogP contribution in [-0.4, -0.2) is 55.2 Å². The van der Waals surface area contributed by atoms with Gasteiger partial charge in [-0.1, -0.05) is 24.3 Å². The smallest absolute Gasteiger partial charge is 0.238 e. The molecule has 1 N–H and O–H groups in total. The third kappa shape index (κ3) is 3.69. The Morgan fingerprint density at radius 3 is 2.86 bits per heavy atom. The molecule has 6 heteroatoms. The molecule has 1 saturated heterocycles. The van der Waals surface area contributed by atoms with E-state index in [1.54, 1.807) is 0 Å². The summed E-state index contributed by atoms with van der Waals surface area (Å²) in [6.45, 7) is 5.07. The van der Waals surface area contributed by atoms with E-state index in [4.69, 9.17) is 14.5 Å². The Bertz CT molecular complexity index is 1050. The zero-order valence-electron chi connectivity index (χ0n) is 16.1. The zero-order chi connectivity index (χ0) is 19.6. The number of para-hydroxylation sites is 1. The van der Waals surface area contributed by atoms with E-state index in [1.165, 1.54) is 0 Å². The minimum atomic E-state index is -0.361. The molecule has 3 heterocycles. The lowest BCUT2D eigenvalue weighted by Crippen LogP contribution is -2.38. The van der Waals surface area contributed by atoms with Crippen molar-refractivity contribution in [2.45, 2.75) is 5.92 Å². The normalized spacial score (nSPS) is 19.2. The van der Waals surface area contributed by atoms with Crippen LogP contribution in [0.4, 0.5) is 5.69 Å². The summed E-state index contributed by atoms with van der Waals surface area (Å²) in [6.07, 6.45) is 0. The van der Waals surface area contributed by atoms with Gasteiger partial charge in [0.1, 0.15) is 18.3 Å². The van der Waals surface area contributed by atoms with Gasteiger partial charge in [-0.05, 0) is 35.9 Å². The van der Waals surface area contributed by atoms with Crippen LogP contribution in [0.3, 0.4) is 0 Å². The highest BCUT2D eigenvalue weighted by Gasteiger charge is 2.32. The molecule has 5 rings (SSSR count). The average Bonchev–Trinajstić information content (AvgIpc) is 3.10. The summed E-state index contributed by atoms with van der Waals surface area (Å²) in [5, 5.41) is 3.95. The monoisotopic (exact) mass is 389 g/mol. The molecule has 1 fully saturated rings. The Balaban J connectivity index is 1.31. The van der Waals surface area contributed by atoms with Gasteiger partial charge in [0.15, 0.2) is 0 Å². The van der Waals surface area contributed by atoms with Crippen LogP contribution < -0.4 is 10.1 Å². The number of amides is 1. The van der Waals surface area contributed by atoms with Crippen molar-refractivity contribution in [3.63, 3.8) is 0 Å². The van der Waals surface area contributed by atoms with Gasteiger partial charge in [-0.2, -0.15) is 0 Å². The number of anilines is 1. The number of rotatable bonds is 5. The molecule has 0 saturated carbocycles. The fourth-order valence-corrected chi connectivity index (χ4v) is 3.99. The molecule has 0 radical (unpaired) electrons. The number of aromatic nitrogens is 1. The van der Waals surface area contributed by atoms with Gasteiger partial charge in [-0.3, -0.25) is 14.7 Å². The quantitative estimate of drug-likeness (QED) is 0.727. The molecular weight excluding hydrogens is 366 g/mol. The van der Waals surface area contributed by atoms with E-state index in [2.05, 4.69) is 10.2 Å². The van der Waals surface area contributed by atoms with Gasteiger partial charge in [0.25, 0.3) is 0 Å². The van der Waals surface area contributed by atoms with Crippen molar-refractivity contribution < 1.29 is 14.3 Å². The van der Waals surface area contributed by atoms with Gasteiger partial charge in [-0.15, -0.1) is 0 Å². The van der Waals surface area contributed by atoms with E-state index >= 15 is 0 Å². The number of pyridine rings is 1. The van der Waals surface area contributed by atoms with E-state index in [0.717, 1.165) is 66.4 Å². The molecule has 0 aliphatic carbocycles. The van der Waals surface area contributed by atoms with Gasteiger partial charge < -0.3 is 14.8 Å². The molecule has 29 heavy (non-hydrogen) atoms. The zero-order valence-corrected chi connectivity index (χ0v) is 16.1. The maximum absolute atomic E-state index is 12.5. The van der Waals surface area contributed by atoms with Crippen LogP contribution >= 0.6 is 0 Å². The third-order valence-electron chi connectivity index (χ3n) is 5.55. The number of fused-ring (bicyclic) bond motifs is 2. The van der Waals surface area contributed by atoms with Crippen LogP contribution in [0.25, 0.3) is 10.9 Å². The van der Waals surface area contributed by atoms with E-state index in [1.807, 2.05) is 54.6 Å². The first-order valence-corrected chi connectivity index (χ1v) is 10.0. The van der Waals surface area contributed by atoms with Crippen LogP contribution in [0.15, 0.2) is 54.6 Å². The molecule has 2 aromatic carbocycles. The van der Waals surface area contributed by atoms with Crippen LogP contribution in [-0.2, 0) is 9.53 Å². The molecule has 2 aliphatic heterocycles. The Morgan fingerprint density at radius 1 is 1.10 bits per heavy atom. The SMILES string of the molecule is O=C1Nc2ccccc2C1c1ccc2cc(OCCN3CCOCC3)ccc2n1. The first kappa shape index (κ1) is 18.1. The van der Waals surface area contributed by atoms with Crippen molar-refractivity contribution in [1.82, 2.24) is 9.88 Å². The first-order valence-electron chi connectivity index (χ1n) is 10.0. The van der Waals surface area contributed by atoms with Gasteiger partial charge in [-0.25, -0.2) is 0 Å². The summed E-state index contributed by atoms with van der Waals surface area (Å²) in [4.78, 5) is 19.6. The minimum Gasteiger partial charge on any atom is -0.492 e. The second kappa shape index (κ2) is 7.81. The highest BCUT2D eigenvalue weighted by Crippen LogP contribution is 2.36. The second-order valence-corrected chi connectivity index (χ2v) is 7.40. The number of morpholine rings is 1. The first-order chi connectivity index (χ1) is 14.3. The van der Waals surface area contributed by atoms with Crippen molar-refractivity contribution in [3.8, 4) is 5.75 Å². The third-order valence-corrected chi connectivity index (χ3v) is 5.55. The Morgan fingerprint density at radius 2 is 1.97 bits per heavy atom. The van der Waals surface area contributed by atoms with Crippen LogP contribution in [0.5, 0.6) is 5.75 Å². The molecule has 2 aliphatic rings. The number of nitrogens with one attached hydrogen (secondary N) is 1. The summed E-state index contributed by atoms with van der Waals surface area (Å²) < 4.78 is 11.3. The molecule has 0 bridgehead atoms. The number of nitrogens with zero attached hydrogens (tertiary/aromatic N) is 2. The van der Waals surface area contributed by atoms with Crippen LogP contribution in [0.2, 0.25) is 0 Å². The topological polar surface area (TPSA) is 63.7 Å². The maximum Gasteiger partial charge on any atom is 0.238 e. The lowest BCUT2D eigenvalue weighted by Gasteiger charge is -2.26. The molecule has 1 atom stereocenters. The summed E-state index contributed by atoms with van der Waals surface area (Å²) in [6, 6.07) is 17.7. The predicted octanol–water partition coefficient (Wildman–Crippen LogP) is 3.03. The van der Waals surface area contributed by atoms with Crippen molar-refractivity contribution in [2.75, 3.05) is 44.8 Å². The highest BCUT2D eigenvalue weighted by molar-refractivity contribution is 6.05. The summed E-state index contributed by atoms with van der Waals surface area (Å²) in [5.41, 5.74) is 3.47. The van der Waals surface area contributed by atoms with E-state index in [0.29, 0.717) is 6.61 Å². The second-order valence-electron chi connectivity index (χ2n) is 7.40. The van der Waals surface area contributed by atoms with E-state index < -0.39 is 0 Å². The largest absolute Gasteiger partial charge is 0.492 e. The average molecular weight is 389 g/mol. The standard InChI is InChI=1S/C23H23N3O3/c27-23-22(18-3-1-2-4-20(18)25-23)21-7-5-16-15-17(6-8-19(16)24-21)29-14-11-26-9-12-28-13-10-26/h1-8,15,22H,9-14H2,(H,25,27). The minimum absolute atomic E-state index is 0.0267. The molecule has 0 spiro atoms. The number of ether oxygens (including phenoxy) is 2. The summed E-state index contributed by atoms with van der Waals surface area (Å²) in [5.74, 6) is 0.449. The van der Waals surface area contributed by atoms with Crippen molar-refractivity contribution in [1.29, 1.82) is 0 Å². The van der Waals surface area contributed by atoms with Crippen molar-refractivity contribution in [2.24, 2.45) is 0 Å². The van der Waals surface area contributed by atoms with E-state index in [-0.39, 0.29) is 11.8 Å². The molecular formula is C23H23N3O3. The van der Waals surface area contributed by atoms with Crippen LogP contribution in [0.1, 0.15) is 17.2 Å². The van der Waals surface area contributed by atoms with Crippen LogP contribution in [0, 0.1) is 0 Å². The predicted molar refractivity (Wildman–Crippen MR) is 111 cm³/mol. The molecule has 1 amide bonds. The van der Waals surface area contributed by atoms with Gasteiger partial charge in [0.2, 0.25) is 5.91 Å². The van der Waals surface area contributed by atoms with Gasteiger partial charge >= 0.3 is 0 Å². The lowest BCUT2D eigenvalue weighted by atomic mass is 9.96. The Labute approximate surface area is 169 Å². The molecule has 148 valence electrons. The molecule has 1 aromatic heterocycles. The lowest BCUT2D eigenvalue weighted by molar-refractivity contribution is -0.116. The molecule has 6 nitrogen and oxygen atoms in total. The number of hydrogen-bond acceptors (Lipinski definition) is 5. The van der Waals surface area contributed by atoms with Gasteiger partial charge in [0.05, 0.1) is 24.4 Å². The molecule has 1 unspecified atom stereocenters. The van der Waals surface area contributed by atoms with E-state index in [9.17, 15) is 4.79 Å². The number of benzene rings is 2. The molecule has 3 aromatic rings. The Kier molecular flexibility index (Phi) is 4.87. The fraction of sp³-hybridized carbons (Fsp3) is 0.304. The summed E-state index contributed by atoms with van der Waals surface area (Å²) in [7, 11) is 0. The summed E-state index contributed by atoms with van der Waals surface area (Å²) >= 11 is 0. The van der Waals surface area contributed by atoms with Crippen molar-refractivity contribution >= 4 is 22.5 Å². The number of carbonyl (C=O) groups excluding carboxylic acids is 1. The Hall–Kier alpha value is -2.96. The maximum atomic E-state index is 12.5. The van der Waals surface area contributed by atoms with Crippen molar-refractivity contribution in [3.05, 3.63) is 65.9 Å². The number of hydrogen-bond donors (Lipinski definition) is 1. The number of carbonyl (C=O) groups is 1. The van der Waals surface area contributed by atoms with Gasteiger partial charge in [0, 0.05) is 30.7 Å².